The van der Waals surface area contributed by atoms with E-state index >= 15 is 0 Å². The first kappa shape index (κ1) is 16.2. The fraction of sp³-hybridized carbons (Fsp3) is 0.588. The minimum Gasteiger partial charge on any atom is -0.356 e. The second-order valence-electron chi connectivity index (χ2n) is 6.22. The average Bonchev–Trinajstić information content (AvgIpc) is 3.12. The maximum atomic E-state index is 12.1. The number of fused-ring (bicyclic) bond motifs is 1. The quantitative estimate of drug-likeness (QED) is 0.885. The van der Waals surface area contributed by atoms with Crippen LogP contribution in [-0.4, -0.2) is 27.0 Å². The highest BCUT2D eigenvalue weighted by Gasteiger charge is 2.15. The zero-order valence-electron chi connectivity index (χ0n) is 13.8. The van der Waals surface area contributed by atoms with E-state index in [0.717, 1.165) is 23.7 Å². The van der Waals surface area contributed by atoms with E-state index in [1.807, 2.05) is 35.9 Å². The van der Waals surface area contributed by atoms with Crippen molar-refractivity contribution >= 4 is 17.2 Å². The summed E-state index contributed by atoms with van der Waals surface area (Å²) in [7, 11) is 0. The van der Waals surface area contributed by atoms with Gasteiger partial charge in [-0.2, -0.15) is 0 Å². The van der Waals surface area contributed by atoms with E-state index in [9.17, 15) is 4.79 Å². The number of thiazole rings is 1. The molecule has 2 aromatic heterocycles. The summed E-state index contributed by atoms with van der Waals surface area (Å²) < 4.78 is 2.04. The average molecular weight is 332 g/mol. The minimum atomic E-state index is 0.0897. The Bertz CT molecular complexity index is 652. The molecule has 124 valence electrons. The molecular formula is C17H24N4OS. The number of carbonyl (C=O) groups excluding carboxylic acids is 1. The van der Waals surface area contributed by atoms with Gasteiger partial charge in [-0.25, -0.2) is 9.97 Å². The summed E-state index contributed by atoms with van der Waals surface area (Å²) in [6.45, 7) is 4.67. The van der Waals surface area contributed by atoms with Crippen LogP contribution in [0.2, 0.25) is 0 Å². The van der Waals surface area contributed by atoms with Crippen molar-refractivity contribution in [2.75, 3.05) is 6.54 Å². The Hall–Kier alpha value is -1.69. The Kier molecular flexibility index (Phi) is 5.10. The van der Waals surface area contributed by atoms with Gasteiger partial charge in [0.1, 0.15) is 5.82 Å². The van der Waals surface area contributed by atoms with Crippen LogP contribution >= 0.6 is 11.3 Å². The van der Waals surface area contributed by atoms with Gasteiger partial charge in [-0.3, -0.25) is 4.79 Å². The predicted octanol–water partition coefficient (Wildman–Crippen LogP) is 2.84. The van der Waals surface area contributed by atoms with Gasteiger partial charge in [0, 0.05) is 42.7 Å². The molecule has 0 radical (unpaired) electrons. The molecule has 1 atom stereocenters. The predicted molar refractivity (Wildman–Crippen MR) is 91.8 cm³/mol. The minimum absolute atomic E-state index is 0.0897. The van der Waals surface area contributed by atoms with Gasteiger partial charge in [0.2, 0.25) is 5.91 Å². The highest BCUT2D eigenvalue weighted by atomic mass is 32.1. The third kappa shape index (κ3) is 3.99. The molecule has 3 rings (SSSR count). The largest absolute Gasteiger partial charge is 0.356 e. The molecule has 0 aliphatic heterocycles. The third-order valence-corrected chi connectivity index (χ3v) is 5.59. The number of aryl methyl sites for hydroxylation is 3. The lowest BCUT2D eigenvalue weighted by Crippen LogP contribution is -2.27. The Morgan fingerprint density at radius 2 is 2.26 bits per heavy atom. The molecule has 0 unspecified atom stereocenters. The molecule has 1 N–H and O–H groups in total. The fourth-order valence-corrected chi connectivity index (χ4v) is 4.27. The van der Waals surface area contributed by atoms with Crippen molar-refractivity contribution in [1.29, 1.82) is 0 Å². The van der Waals surface area contributed by atoms with Crippen molar-refractivity contribution in [3.05, 3.63) is 33.8 Å². The number of amides is 1. The normalized spacial score (nSPS) is 15.2. The Labute approximate surface area is 141 Å². The highest BCUT2D eigenvalue weighted by molar-refractivity contribution is 7.11. The molecule has 0 saturated heterocycles. The van der Waals surface area contributed by atoms with Gasteiger partial charge in [-0.05, 0) is 39.5 Å². The molecule has 0 spiro atoms. The zero-order valence-corrected chi connectivity index (χ0v) is 14.7. The van der Waals surface area contributed by atoms with Gasteiger partial charge in [-0.15, -0.1) is 11.3 Å². The van der Waals surface area contributed by atoms with Crippen LogP contribution in [0.4, 0.5) is 0 Å². The molecule has 0 bridgehead atoms. The van der Waals surface area contributed by atoms with Gasteiger partial charge >= 0.3 is 0 Å². The number of imidazole rings is 1. The van der Waals surface area contributed by atoms with Crippen LogP contribution in [0.25, 0.3) is 0 Å². The second-order valence-corrected chi connectivity index (χ2v) is 7.39. The van der Waals surface area contributed by atoms with E-state index in [0.29, 0.717) is 13.0 Å². The number of nitrogens with zero attached hydrogens (tertiary/aromatic N) is 3. The van der Waals surface area contributed by atoms with E-state index in [2.05, 4.69) is 10.3 Å². The lowest BCUT2D eigenvalue weighted by atomic mass is 10.0. The van der Waals surface area contributed by atoms with Crippen molar-refractivity contribution in [3.8, 4) is 0 Å². The first-order valence-electron chi connectivity index (χ1n) is 8.37. The SMILES string of the molecule is Cc1nccn1[C@@H](C)CC(=O)NCCc1nc2c(s1)CCCC2. The zero-order chi connectivity index (χ0) is 16.2. The molecule has 2 heterocycles. The maximum Gasteiger partial charge on any atom is 0.222 e. The first-order valence-corrected chi connectivity index (χ1v) is 9.18. The van der Waals surface area contributed by atoms with Crippen LogP contribution in [0.1, 0.15) is 53.6 Å². The van der Waals surface area contributed by atoms with Gasteiger partial charge < -0.3 is 9.88 Å². The standard InChI is InChI=1S/C17H24N4OS/c1-12(21-10-9-18-13(21)2)11-16(22)19-8-7-17-20-14-5-3-4-6-15(14)23-17/h9-10,12H,3-8,11H2,1-2H3,(H,19,22)/t12-/m0/s1. The van der Waals surface area contributed by atoms with Gasteiger partial charge in [0.25, 0.3) is 0 Å². The summed E-state index contributed by atoms with van der Waals surface area (Å²) in [6.07, 6.45) is 9.87. The Morgan fingerprint density at radius 1 is 1.43 bits per heavy atom. The molecule has 5 nitrogen and oxygen atoms in total. The summed E-state index contributed by atoms with van der Waals surface area (Å²) in [5.74, 6) is 1.03. The molecule has 1 amide bonds. The maximum absolute atomic E-state index is 12.1. The Balaban J connectivity index is 1.44. The van der Waals surface area contributed by atoms with E-state index in [1.54, 1.807) is 6.20 Å². The number of rotatable bonds is 6. The summed E-state index contributed by atoms with van der Waals surface area (Å²) in [5, 5.41) is 4.18. The summed E-state index contributed by atoms with van der Waals surface area (Å²) in [6, 6.07) is 0.129. The van der Waals surface area contributed by atoms with E-state index < -0.39 is 0 Å². The number of hydrogen-bond acceptors (Lipinski definition) is 4. The molecule has 0 saturated carbocycles. The number of nitrogens with one attached hydrogen (secondary N) is 1. The number of hydrogen-bond donors (Lipinski definition) is 1. The molecule has 6 heteroatoms. The van der Waals surface area contributed by atoms with Crippen molar-refractivity contribution in [2.45, 2.75) is 58.4 Å². The van der Waals surface area contributed by atoms with Crippen LogP contribution in [0.3, 0.4) is 0 Å². The van der Waals surface area contributed by atoms with Crippen LogP contribution in [0.15, 0.2) is 12.4 Å². The molecule has 0 fully saturated rings. The van der Waals surface area contributed by atoms with Crippen molar-refractivity contribution in [1.82, 2.24) is 19.9 Å². The van der Waals surface area contributed by atoms with Crippen LogP contribution in [-0.2, 0) is 24.1 Å². The van der Waals surface area contributed by atoms with Gasteiger partial charge in [0.15, 0.2) is 0 Å². The fourth-order valence-electron chi connectivity index (χ4n) is 3.11. The summed E-state index contributed by atoms with van der Waals surface area (Å²) >= 11 is 1.83. The second kappa shape index (κ2) is 7.25. The smallest absolute Gasteiger partial charge is 0.222 e. The topological polar surface area (TPSA) is 59.8 Å². The van der Waals surface area contributed by atoms with Crippen molar-refractivity contribution < 1.29 is 4.79 Å². The van der Waals surface area contributed by atoms with Crippen LogP contribution in [0.5, 0.6) is 0 Å². The Morgan fingerprint density at radius 3 is 3.00 bits per heavy atom. The van der Waals surface area contributed by atoms with Crippen molar-refractivity contribution in [3.63, 3.8) is 0 Å². The summed E-state index contributed by atoms with van der Waals surface area (Å²) in [4.78, 5) is 22.5. The lowest BCUT2D eigenvalue weighted by molar-refractivity contribution is -0.121. The van der Waals surface area contributed by atoms with Crippen LogP contribution < -0.4 is 5.32 Å². The number of carbonyl (C=O) groups is 1. The van der Waals surface area contributed by atoms with Crippen LogP contribution in [0, 0.1) is 6.92 Å². The van der Waals surface area contributed by atoms with E-state index in [-0.39, 0.29) is 11.9 Å². The monoisotopic (exact) mass is 332 g/mol. The molecule has 1 aliphatic carbocycles. The van der Waals surface area contributed by atoms with Gasteiger partial charge in [-0.1, -0.05) is 0 Å². The molecule has 2 aromatic rings. The summed E-state index contributed by atoms with van der Waals surface area (Å²) in [5.41, 5.74) is 1.30. The first-order chi connectivity index (χ1) is 11.1. The van der Waals surface area contributed by atoms with Crippen molar-refractivity contribution in [2.24, 2.45) is 0 Å². The molecule has 1 aliphatic rings. The third-order valence-electron chi connectivity index (χ3n) is 4.37. The van der Waals surface area contributed by atoms with E-state index in [4.69, 9.17) is 4.98 Å². The highest BCUT2D eigenvalue weighted by Crippen LogP contribution is 2.26. The molecule has 0 aromatic carbocycles. The number of aromatic nitrogens is 3. The van der Waals surface area contributed by atoms with E-state index in [1.165, 1.54) is 29.8 Å². The molecular weight excluding hydrogens is 308 g/mol. The lowest BCUT2D eigenvalue weighted by Gasteiger charge is -2.14. The van der Waals surface area contributed by atoms with Gasteiger partial charge in [0.05, 0.1) is 10.7 Å². The molecule has 23 heavy (non-hydrogen) atoms.